The Morgan fingerprint density at radius 2 is 2.12 bits per heavy atom. The van der Waals surface area contributed by atoms with E-state index in [2.05, 4.69) is 0 Å². The summed E-state index contributed by atoms with van der Waals surface area (Å²) in [5, 5.41) is 2.02. The van der Waals surface area contributed by atoms with E-state index < -0.39 is 0 Å². The first kappa shape index (κ1) is 12.1. The van der Waals surface area contributed by atoms with Gasteiger partial charge in [-0.2, -0.15) is 0 Å². The van der Waals surface area contributed by atoms with Gasteiger partial charge in [0, 0.05) is 23.4 Å². The lowest BCUT2D eigenvalue weighted by Crippen LogP contribution is -2.06. The Kier molecular flexibility index (Phi) is 4.12. The zero-order valence-corrected chi connectivity index (χ0v) is 10.2. The van der Waals surface area contributed by atoms with Crippen molar-refractivity contribution in [3.63, 3.8) is 0 Å². The molecule has 0 unspecified atom stereocenters. The second-order valence-corrected chi connectivity index (χ2v) is 4.64. The number of rotatable bonds is 5. The fourth-order valence-electron chi connectivity index (χ4n) is 1.58. The van der Waals surface area contributed by atoms with Crippen molar-refractivity contribution >= 4 is 11.3 Å². The van der Waals surface area contributed by atoms with Crippen molar-refractivity contribution in [1.82, 2.24) is 0 Å². The van der Waals surface area contributed by atoms with E-state index in [1.54, 1.807) is 23.5 Å². The molecule has 0 radical (unpaired) electrons. The van der Waals surface area contributed by atoms with Gasteiger partial charge in [0.05, 0.1) is 6.61 Å². The third kappa shape index (κ3) is 3.05. The summed E-state index contributed by atoms with van der Waals surface area (Å²) in [6, 6.07) is 8.85. The highest BCUT2D eigenvalue weighted by atomic mass is 32.1. The molecule has 0 saturated heterocycles. The number of hydrogen-bond donors (Lipinski definition) is 1. The maximum atomic E-state index is 13.5. The highest BCUT2D eigenvalue weighted by Gasteiger charge is 2.08. The van der Waals surface area contributed by atoms with Crippen LogP contribution in [0, 0.1) is 5.82 Å². The first-order valence-corrected chi connectivity index (χ1v) is 6.32. The zero-order valence-electron chi connectivity index (χ0n) is 9.36. The van der Waals surface area contributed by atoms with Gasteiger partial charge >= 0.3 is 0 Å². The molecule has 0 bridgehead atoms. The molecule has 1 heterocycles. The standard InChI is InChI=1S/C13H14FNOS/c14-12-5-1-3-10(9-15)13(12)16-7-6-11-4-2-8-17-11/h1-5,8H,6-7,9,15H2. The molecule has 1 aromatic heterocycles. The van der Waals surface area contributed by atoms with Crippen molar-refractivity contribution in [3.05, 3.63) is 52.0 Å². The molecule has 2 rings (SSSR count). The van der Waals surface area contributed by atoms with E-state index in [0.29, 0.717) is 12.2 Å². The molecule has 1 aromatic carbocycles. The van der Waals surface area contributed by atoms with Gasteiger partial charge in [-0.15, -0.1) is 11.3 Å². The number of thiophene rings is 1. The molecule has 0 amide bonds. The van der Waals surface area contributed by atoms with Gasteiger partial charge in [0.1, 0.15) is 0 Å². The molecule has 0 atom stereocenters. The number of para-hydroxylation sites is 1. The Labute approximate surface area is 104 Å². The Balaban J connectivity index is 1.98. The Bertz CT molecular complexity index is 470. The summed E-state index contributed by atoms with van der Waals surface area (Å²) >= 11 is 1.67. The predicted molar refractivity (Wildman–Crippen MR) is 67.8 cm³/mol. The van der Waals surface area contributed by atoms with Crippen LogP contribution in [0.25, 0.3) is 0 Å². The molecule has 90 valence electrons. The number of ether oxygens (including phenoxy) is 1. The molecule has 0 aliphatic rings. The van der Waals surface area contributed by atoms with Crippen LogP contribution in [0.15, 0.2) is 35.7 Å². The first-order chi connectivity index (χ1) is 8.31. The molecule has 2 aromatic rings. The smallest absolute Gasteiger partial charge is 0.165 e. The molecule has 17 heavy (non-hydrogen) atoms. The van der Waals surface area contributed by atoms with E-state index in [1.807, 2.05) is 17.5 Å². The number of halogens is 1. The van der Waals surface area contributed by atoms with Crippen molar-refractivity contribution in [2.45, 2.75) is 13.0 Å². The van der Waals surface area contributed by atoms with Gasteiger partial charge < -0.3 is 10.5 Å². The molecule has 0 aliphatic heterocycles. The summed E-state index contributed by atoms with van der Waals surface area (Å²) in [6.07, 6.45) is 0.788. The number of hydrogen-bond acceptors (Lipinski definition) is 3. The average molecular weight is 251 g/mol. The molecule has 0 aliphatic carbocycles. The van der Waals surface area contributed by atoms with Crippen molar-refractivity contribution in [2.75, 3.05) is 6.61 Å². The Morgan fingerprint density at radius 1 is 1.24 bits per heavy atom. The molecular weight excluding hydrogens is 237 g/mol. The largest absolute Gasteiger partial charge is 0.490 e. The maximum absolute atomic E-state index is 13.5. The van der Waals surface area contributed by atoms with Gasteiger partial charge in [-0.1, -0.05) is 18.2 Å². The van der Waals surface area contributed by atoms with Crippen LogP contribution in [0.2, 0.25) is 0 Å². The van der Waals surface area contributed by atoms with E-state index >= 15 is 0 Å². The second kappa shape index (κ2) is 5.80. The van der Waals surface area contributed by atoms with Gasteiger partial charge in [0.2, 0.25) is 0 Å². The van der Waals surface area contributed by atoms with Crippen molar-refractivity contribution in [1.29, 1.82) is 0 Å². The monoisotopic (exact) mass is 251 g/mol. The van der Waals surface area contributed by atoms with Crippen LogP contribution in [-0.2, 0) is 13.0 Å². The molecule has 2 nitrogen and oxygen atoms in total. The minimum atomic E-state index is -0.348. The summed E-state index contributed by atoms with van der Waals surface area (Å²) in [5.41, 5.74) is 6.25. The fraction of sp³-hybridized carbons (Fsp3) is 0.231. The van der Waals surface area contributed by atoms with Crippen LogP contribution in [0.4, 0.5) is 4.39 Å². The lowest BCUT2D eigenvalue weighted by molar-refractivity contribution is 0.303. The fourth-order valence-corrected chi connectivity index (χ4v) is 2.27. The lowest BCUT2D eigenvalue weighted by Gasteiger charge is -2.10. The topological polar surface area (TPSA) is 35.2 Å². The third-order valence-electron chi connectivity index (χ3n) is 2.44. The van der Waals surface area contributed by atoms with Gasteiger partial charge in [-0.05, 0) is 17.5 Å². The van der Waals surface area contributed by atoms with Crippen LogP contribution in [0.3, 0.4) is 0 Å². The van der Waals surface area contributed by atoms with Gasteiger partial charge in [0.15, 0.2) is 11.6 Å². The molecule has 0 saturated carbocycles. The van der Waals surface area contributed by atoms with Crippen molar-refractivity contribution in [2.24, 2.45) is 5.73 Å². The van der Waals surface area contributed by atoms with Crippen LogP contribution in [0.5, 0.6) is 5.75 Å². The highest BCUT2D eigenvalue weighted by Crippen LogP contribution is 2.22. The average Bonchev–Trinajstić information content (AvgIpc) is 2.84. The van der Waals surface area contributed by atoms with Gasteiger partial charge in [-0.3, -0.25) is 0 Å². The first-order valence-electron chi connectivity index (χ1n) is 5.44. The summed E-state index contributed by atoms with van der Waals surface area (Å²) < 4.78 is 19.0. The molecular formula is C13H14FNOS. The summed E-state index contributed by atoms with van der Waals surface area (Å²) in [6.45, 7) is 0.751. The summed E-state index contributed by atoms with van der Waals surface area (Å²) in [4.78, 5) is 1.23. The SMILES string of the molecule is NCc1cccc(F)c1OCCc1cccs1. The van der Waals surface area contributed by atoms with Gasteiger partial charge in [-0.25, -0.2) is 4.39 Å². The normalized spacial score (nSPS) is 10.5. The maximum Gasteiger partial charge on any atom is 0.165 e. The molecule has 0 fully saturated rings. The molecule has 4 heteroatoms. The van der Waals surface area contributed by atoms with Crippen LogP contribution >= 0.6 is 11.3 Å². The predicted octanol–water partition coefficient (Wildman–Crippen LogP) is 2.97. The quantitative estimate of drug-likeness (QED) is 0.886. The summed E-state index contributed by atoms with van der Waals surface area (Å²) in [5.74, 6) is -0.0642. The highest BCUT2D eigenvalue weighted by molar-refractivity contribution is 7.09. The lowest BCUT2D eigenvalue weighted by atomic mass is 10.2. The molecule has 2 N–H and O–H groups in total. The van der Waals surface area contributed by atoms with Gasteiger partial charge in [0.25, 0.3) is 0 Å². The third-order valence-corrected chi connectivity index (χ3v) is 3.38. The van der Waals surface area contributed by atoms with E-state index in [1.165, 1.54) is 10.9 Å². The van der Waals surface area contributed by atoms with Crippen LogP contribution in [0.1, 0.15) is 10.4 Å². The van der Waals surface area contributed by atoms with Crippen LogP contribution in [-0.4, -0.2) is 6.61 Å². The zero-order chi connectivity index (χ0) is 12.1. The second-order valence-electron chi connectivity index (χ2n) is 3.61. The minimum Gasteiger partial charge on any atom is -0.490 e. The van der Waals surface area contributed by atoms with Crippen LogP contribution < -0.4 is 10.5 Å². The van der Waals surface area contributed by atoms with E-state index in [-0.39, 0.29) is 18.1 Å². The van der Waals surface area contributed by atoms with E-state index in [0.717, 1.165) is 6.42 Å². The minimum absolute atomic E-state index is 0.284. The van der Waals surface area contributed by atoms with Crippen molar-refractivity contribution < 1.29 is 9.13 Å². The summed E-state index contributed by atoms with van der Waals surface area (Å²) in [7, 11) is 0. The number of benzene rings is 1. The molecule has 0 spiro atoms. The Hall–Kier alpha value is -1.39. The van der Waals surface area contributed by atoms with Crippen molar-refractivity contribution in [3.8, 4) is 5.75 Å². The van der Waals surface area contributed by atoms with E-state index in [9.17, 15) is 4.39 Å². The Morgan fingerprint density at radius 3 is 2.82 bits per heavy atom. The van der Waals surface area contributed by atoms with E-state index in [4.69, 9.17) is 10.5 Å². The number of nitrogens with two attached hydrogens (primary N) is 1.